The van der Waals surface area contributed by atoms with Crippen LogP contribution in [0, 0.1) is 0 Å². The standard InChI is InChI=1S/C16H24N2O/c1-2-19-15-7-5-9-18(12-15)14-10-13-6-3-4-8-16(13)17-11-14/h3-4,6,8,14-15,17H,2,5,7,9-12H2,1H3. The van der Waals surface area contributed by atoms with Crippen LogP contribution in [-0.4, -0.2) is 43.3 Å². The first kappa shape index (κ1) is 12.9. The first-order chi connectivity index (χ1) is 9.36. The Hall–Kier alpha value is -1.06. The fourth-order valence-corrected chi connectivity index (χ4v) is 3.35. The van der Waals surface area contributed by atoms with E-state index in [2.05, 4.69) is 41.4 Å². The summed E-state index contributed by atoms with van der Waals surface area (Å²) < 4.78 is 5.81. The number of rotatable bonds is 3. The molecule has 2 aliphatic rings. The second kappa shape index (κ2) is 5.93. The van der Waals surface area contributed by atoms with Gasteiger partial charge in [-0.3, -0.25) is 4.90 Å². The number of hydrogen-bond acceptors (Lipinski definition) is 3. The summed E-state index contributed by atoms with van der Waals surface area (Å²) in [5.74, 6) is 0. The highest BCUT2D eigenvalue weighted by atomic mass is 16.5. The van der Waals surface area contributed by atoms with Crippen LogP contribution < -0.4 is 5.32 Å². The summed E-state index contributed by atoms with van der Waals surface area (Å²) in [4.78, 5) is 2.62. The molecule has 0 aromatic heterocycles. The summed E-state index contributed by atoms with van der Waals surface area (Å²) in [6, 6.07) is 9.31. The molecule has 1 saturated heterocycles. The number of ether oxygens (including phenoxy) is 1. The van der Waals surface area contributed by atoms with Crippen LogP contribution in [0.2, 0.25) is 0 Å². The Morgan fingerprint density at radius 1 is 1.37 bits per heavy atom. The number of piperidine rings is 1. The van der Waals surface area contributed by atoms with Gasteiger partial charge in [-0.05, 0) is 44.4 Å². The van der Waals surface area contributed by atoms with Crippen LogP contribution in [0.4, 0.5) is 5.69 Å². The Bertz CT molecular complexity index is 419. The van der Waals surface area contributed by atoms with Gasteiger partial charge >= 0.3 is 0 Å². The van der Waals surface area contributed by atoms with Crippen molar-refractivity contribution in [3.05, 3.63) is 29.8 Å². The van der Waals surface area contributed by atoms with E-state index in [9.17, 15) is 0 Å². The Balaban J connectivity index is 1.64. The van der Waals surface area contributed by atoms with Gasteiger partial charge in [0, 0.05) is 31.4 Å². The molecule has 0 spiro atoms. The van der Waals surface area contributed by atoms with Crippen LogP contribution >= 0.6 is 0 Å². The molecule has 0 bridgehead atoms. The number of fused-ring (bicyclic) bond motifs is 1. The molecule has 1 aromatic rings. The lowest BCUT2D eigenvalue weighted by molar-refractivity contribution is -0.00598. The van der Waals surface area contributed by atoms with E-state index < -0.39 is 0 Å². The summed E-state index contributed by atoms with van der Waals surface area (Å²) in [7, 11) is 0. The van der Waals surface area contributed by atoms with Gasteiger partial charge in [-0.15, -0.1) is 0 Å². The molecule has 1 fully saturated rings. The highest BCUT2D eigenvalue weighted by Crippen LogP contribution is 2.25. The fourth-order valence-electron chi connectivity index (χ4n) is 3.35. The molecule has 3 nitrogen and oxygen atoms in total. The topological polar surface area (TPSA) is 24.5 Å². The third-order valence-corrected chi connectivity index (χ3v) is 4.33. The van der Waals surface area contributed by atoms with Gasteiger partial charge in [0.25, 0.3) is 0 Å². The van der Waals surface area contributed by atoms with Crippen molar-refractivity contribution >= 4 is 5.69 Å². The van der Waals surface area contributed by atoms with Crippen molar-refractivity contribution in [2.45, 2.75) is 38.3 Å². The number of anilines is 1. The number of nitrogens with one attached hydrogen (secondary N) is 1. The quantitative estimate of drug-likeness (QED) is 0.904. The minimum absolute atomic E-state index is 0.441. The van der Waals surface area contributed by atoms with E-state index in [4.69, 9.17) is 4.74 Å². The summed E-state index contributed by atoms with van der Waals surface area (Å²) in [5, 5.41) is 3.57. The number of benzene rings is 1. The van der Waals surface area contributed by atoms with Gasteiger partial charge in [-0.25, -0.2) is 0 Å². The molecule has 2 aliphatic heterocycles. The molecule has 0 radical (unpaired) electrons. The zero-order chi connectivity index (χ0) is 13.1. The average molecular weight is 260 g/mol. The Morgan fingerprint density at radius 3 is 3.16 bits per heavy atom. The molecular formula is C16H24N2O. The largest absolute Gasteiger partial charge is 0.383 e. The average Bonchev–Trinajstić information content (AvgIpc) is 2.47. The van der Waals surface area contributed by atoms with E-state index in [-0.39, 0.29) is 0 Å². The molecule has 0 aliphatic carbocycles. The summed E-state index contributed by atoms with van der Waals surface area (Å²) in [6.07, 6.45) is 4.10. The second-order valence-electron chi connectivity index (χ2n) is 5.61. The molecule has 3 rings (SSSR count). The normalized spacial score (nSPS) is 27.6. The van der Waals surface area contributed by atoms with Gasteiger partial charge in [0.15, 0.2) is 0 Å². The van der Waals surface area contributed by atoms with E-state index in [0.717, 1.165) is 19.7 Å². The first-order valence-corrected chi connectivity index (χ1v) is 7.54. The number of para-hydroxylation sites is 1. The molecule has 2 unspecified atom stereocenters. The van der Waals surface area contributed by atoms with Crippen molar-refractivity contribution in [3.8, 4) is 0 Å². The SMILES string of the molecule is CCOC1CCCN(C2CNc3ccccc3C2)C1. The van der Waals surface area contributed by atoms with Gasteiger partial charge in [-0.1, -0.05) is 18.2 Å². The maximum absolute atomic E-state index is 5.81. The molecule has 3 heteroatoms. The zero-order valence-electron chi connectivity index (χ0n) is 11.8. The summed E-state index contributed by atoms with van der Waals surface area (Å²) in [5.41, 5.74) is 2.77. The van der Waals surface area contributed by atoms with E-state index in [0.29, 0.717) is 12.1 Å². The molecule has 1 N–H and O–H groups in total. The zero-order valence-corrected chi connectivity index (χ0v) is 11.8. The Kier molecular flexibility index (Phi) is 4.04. The fraction of sp³-hybridized carbons (Fsp3) is 0.625. The lowest BCUT2D eigenvalue weighted by atomic mass is 9.96. The van der Waals surface area contributed by atoms with Crippen LogP contribution in [0.5, 0.6) is 0 Å². The van der Waals surface area contributed by atoms with Gasteiger partial charge in [0.05, 0.1) is 6.10 Å². The second-order valence-corrected chi connectivity index (χ2v) is 5.61. The molecule has 1 aromatic carbocycles. The van der Waals surface area contributed by atoms with Crippen LogP contribution in [0.3, 0.4) is 0 Å². The van der Waals surface area contributed by atoms with E-state index in [1.54, 1.807) is 0 Å². The summed E-state index contributed by atoms with van der Waals surface area (Å²) >= 11 is 0. The molecule has 0 amide bonds. The predicted molar refractivity (Wildman–Crippen MR) is 78.6 cm³/mol. The van der Waals surface area contributed by atoms with Crippen molar-refractivity contribution in [3.63, 3.8) is 0 Å². The van der Waals surface area contributed by atoms with Gasteiger partial charge in [-0.2, -0.15) is 0 Å². The van der Waals surface area contributed by atoms with Gasteiger partial charge in [0.1, 0.15) is 0 Å². The number of hydrogen-bond donors (Lipinski definition) is 1. The van der Waals surface area contributed by atoms with Gasteiger partial charge < -0.3 is 10.1 Å². The minimum Gasteiger partial charge on any atom is -0.383 e. The third-order valence-electron chi connectivity index (χ3n) is 4.33. The van der Waals surface area contributed by atoms with E-state index in [1.807, 2.05) is 0 Å². The van der Waals surface area contributed by atoms with E-state index in [1.165, 1.54) is 37.1 Å². The maximum Gasteiger partial charge on any atom is 0.0702 e. The lowest BCUT2D eigenvalue weighted by Gasteiger charge is -2.40. The maximum atomic E-state index is 5.81. The molecule has 19 heavy (non-hydrogen) atoms. The van der Waals surface area contributed by atoms with E-state index >= 15 is 0 Å². The molecule has 2 atom stereocenters. The van der Waals surface area contributed by atoms with Crippen LogP contribution in [-0.2, 0) is 11.2 Å². The van der Waals surface area contributed by atoms with Crippen molar-refractivity contribution in [1.29, 1.82) is 0 Å². The summed E-state index contributed by atoms with van der Waals surface area (Å²) in [6.45, 7) is 6.32. The molecule has 0 saturated carbocycles. The molecule has 2 heterocycles. The van der Waals surface area contributed by atoms with Crippen molar-refractivity contribution in [2.24, 2.45) is 0 Å². The Morgan fingerprint density at radius 2 is 2.26 bits per heavy atom. The first-order valence-electron chi connectivity index (χ1n) is 7.54. The van der Waals surface area contributed by atoms with Crippen LogP contribution in [0.15, 0.2) is 24.3 Å². The highest BCUT2D eigenvalue weighted by Gasteiger charge is 2.28. The molecule has 104 valence electrons. The van der Waals surface area contributed by atoms with Crippen molar-refractivity contribution in [1.82, 2.24) is 4.90 Å². The predicted octanol–water partition coefficient (Wildman–Crippen LogP) is 2.52. The smallest absolute Gasteiger partial charge is 0.0702 e. The van der Waals surface area contributed by atoms with Gasteiger partial charge in [0.2, 0.25) is 0 Å². The number of likely N-dealkylation sites (tertiary alicyclic amines) is 1. The lowest BCUT2D eigenvalue weighted by Crippen LogP contribution is -2.50. The van der Waals surface area contributed by atoms with Crippen LogP contribution in [0.1, 0.15) is 25.3 Å². The minimum atomic E-state index is 0.441. The molecular weight excluding hydrogens is 236 g/mol. The highest BCUT2D eigenvalue weighted by molar-refractivity contribution is 5.53. The third kappa shape index (κ3) is 2.93. The van der Waals surface area contributed by atoms with Crippen LogP contribution in [0.25, 0.3) is 0 Å². The Labute approximate surface area is 115 Å². The number of nitrogens with zero attached hydrogens (tertiary/aromatic N) is 1. The van der Waals surface area contributed by atoms with Crippen molar-refractivity contribution < 1.29 is 4.74 Å². The monoisotopic (exact) mass is 260 g/mol. The van der Waals surface area contributed by atoms with Crippen molar-refractivity contribution in [2.75, 3.05) is 31.6 Å².